The van der Waals surface area contributed by atoms with Gasteiger partial charge < -0.3 is 0 Å². The maximum Gasteiger partial charge on any atom is 0.0356 e. The van der Waals surface area contributed by atoms with Crippen molar-refractivity contribution in [1.82, 2.24) is 0 Å². The Kier molecular flexibility index (Phi) is 4.65. The highest BCUT2D eigenvalue weighted by Crippen LogP contribution is 2.33. The summed E-state index contributed by atoms with van der Waals surface area (Å²) in [7, 11) is 0. The van der Waals surface area contributed by atoms with Crippen molar-refractivity contribution < 1.29 is 0 Å². The summed E-state index contributed by atoms with van der Waals surface area (Å²) in [5, 5.41) is 1.44. The van der Waals surface area contributed by atoms with E-state index in [1.165, 1.54) is 45.8 Å². The molecule has 0 amide bonds. The fraction of sp³-hybridized carbons (Fsp3) is 0.429. The number of hydrogen-bond acceptors (Lipinski definition) is 1. The Morgan fingerprint density at radius 3 is 2.69 bits per heavy atom. The second-order valence-corrected chi connectivity index (χ2v) is 6.36. The van der Waals surface area contributed by atoms with Gasteiger partial charge in [0.2, 0.25) is 0 Å². The van der Waals surface area contributed by atoms with Gasteiger partial charge in [0.05, 0.1) is 0 Å². The average molecular weight is 344 g/mol. The van der Waals surface area contributed by atoms with Gasteiger partial charge in [0, 0.05) is 18.5 Å². The molecule has 2 heteroatoms. The largest absolute Gasteiger partial charge is 0.139 e. The van der Waals surface area contributed by atoms with Gasteiger partial charge in [-0.1, -0.05) is 44.4 Å². The van der Waals surface area contributed by atoms with Gasteiger partial charge in [-0.15, -0.1) is 11.3 Å². The van der Waals surface area contributed by atoms with Crippen molar-refractivity contribution in [2.24, 2.45) is 0 Å². The number of aryl methyl sites for hydroxylation is 1. The number of rotatable bonds is 5. The minimum Gasteiger partial charge on any atom is -0.139 e. The Hall–Kier alpha value is -0.0900. The summed E-state index contributed by atoms with van der Waals surface area (Å²) >= 11 is 4.48. The third kappa shape index (κ3) is 2.77. The lowest BCUT2D eigenvalue weighted by Crippen LogP contribution is -1.84. The van der Waals surface area contributed by atoms with E-state index >= 15 is 0 Å². The van der Waals surface area contributed by atoms with Crippen LogP contribution in [0.1, 0.15) is 37.5 Å². The van der Waals surface area contributed by atoms with Crippen molar-refractivity contribution in [3.05, 3.63) is 32.7 Å². The molecule has 0 bridgehead atoms. The van der Waals surface area contributed by atoms with Gasteiger partial charge in [-0.05, 0) is 41.5 Å². The maximum atomic E-state index is 2.51. The molecule has 86 valence electrons. The molecule has 1 aromatic carbocycles. The quantitative estimate of drug-likeness (QED) is 0.487. The monoisotopic (exact) mass is 344 g/mol. The lowest BCUT2D eigenvalue weighted by molar-refractivity contribution is 0.669. The molecule has 1 heterocycles. The second kappa shape index (κ2) is 6.01. The van der Waals surface area contributed by atoms with E-state index in [2.05, 4.69) is 53.8 Å². The van der Waals surface area contributed by atoms with E-state index in [9.17, 15) is 0 Å². The van der Waals surface area contributed by atoms with Crippen LogP contribution in [0, 0.1) is 3.57 Å². The van der Waals surface area contributed by atoms with Crippen LogP contribution in [0.15, 0.2) is 24.3 Å². The molecular weight excluding hydrogens is 327 g/mol. The Labute approximate surface area is 115 Å². The summed E-state index contributed by atoms with van der Waals surface area (Å²) in [5.74, 6) is 0. The minimum atomic E-state index is 1.26. The van der Waals surface area contributed by atoms with E-state index in [1.54, 1.807) is 4.88 Å². The predicted octanol–water partition coefficient (Wildman–Crippen LogP) is 5.63. The van der Waals surface area contributed by atoms with Crippen LogP contribution in [0.2, 0.25) is 0 Å². The smallest absolute Gasteiger partial charge is 0.0356 e. The molecular formula is C14H17IS. The van der Waals surface area contributed by atoms with Crippen LogP contribution in [0.3, 0.4) is 0 Å². The summed E-state index contributed by atoms with van der Waals surface area (Å²) in [6, 6.07) is 8.74. The Morgan fingerprint density at radius 1 is 1.12 bits per heavy atom. The summed E-state index contributed by atoms with van der Waals surface area (Å²) in [5.41, 5.74) is 0. The highest BCUT2D eigenvalue weighted by molar-refractivity contribution is 14.1. The number of halogens is 1. The van der Waals surface area contributed by atoms with Gasteiger partial charge in [-0.2, -0.15) is 0 Å². The van der Waals surface area contributed by atoms with Crippen LogP contribution in [-0.4, -0.2) is 0 Å². The second-order valence-electron chi connectivity index (χ2n) is 4.15. The first-order valence-corrected chi connectivity index (χ1v) is 7.88. The van der Waals surface area contributed by atoms with Gasteiger partial charge in [0.15, 0.2) is 0 Å². The first-order chi connectivity index (χ1) is 7.83. The number of thiophene rings is 1. The van der Waals surface area contributed by atoms with E-state index in [4.69, 9.17) is 0 Å². The van der Waals surface area contributed by atoms with Crippen LogP contribution in [0.4, 0.5) is 0 Å². The van der Waals surface area contributed by atoms with Crippen molar-refractivity contribution >= 4 is 44.0 Å². The normalized spacial score (nSPS) is 11.1. The van der Waals surface area contributed by atoms with Gasteiger partial charge >= 0.3 is 0 Å². The molecule has 0 N–H and O–H groups in total. The SMILES string of the molecule is CCCCCCc1sc2ccccc2c1I. The van der Waals surface area contributed by atoms with Gasteiger partial charge in [0.25, 0.3) is 0 Å². The minimum absolute atomic E-state index is 1.26. The predicted molar refractivity (Wildman–Crippen MR) is 82.4 cm³/mol. The Morgan fingerprint density at radius 2 is 1.94 bits per heavy atom. The van der Waals surface area contributed by atoms with Crippen LogP contribution in [-0.2, 0) is 6.42 Å². The molecule has 0 fully saturated rings. The molecule has 0 atom stereocenters. The molecule has 0 spiro atoms. The summed E-state index contributed by atoms with van der Waals surface area (Å²) in [6.07, 6.45) is 6.68. The summed E-state index contributed by atoms with van der Waals surface area (Å²) in [4.78, 5) is 1.58. The van der Waals surface area contributed by atoms with Crippen LogP contribution >= 0.6 is 33.9 Å². The van der Waals surface area contributed by atoms with Crippen molar-refractivity contribution in [2.75, 3.05) is 0 Å². The van der Waals surface area contributed by atoms with E-state index in [0.717, 1.165) is 0 Å². The van der Waals surface area contributed by atoms with Crippen LogP contribution in [0.25, 0.3) is 10.1 Å². The number of fused-ring (bicyclic) bond motifs is 1. The third-order valence-electron chi connectivity index (χ3n) is 2.86. The molecule has 0 nitrogen and oxygen atoms in total. The van der Waals surface area contributed by atoms with E-state index in [0.29, 0.717) is 0 Å². The molecule has 1 aromatic heterocycles. The standard InChI is InChI=1S/C14H17IS/c1-2-3-4-5-10-13-14(15)11-8-6-7-9-12(11)16-13/h6-9H,2-5,10H2,1H3. The van der Waals surface area contributed by atoms with Crippen molar-refractivity contribution in [3.63, 3.8) is 0 Å². The van der Waals surface area contributed by atoms with Crippen molar-refractivity contribution in [1.29, 1.82) is 0 Å². The first kappa shape index (κ1) is 12.4. The van der Waals surface area contributed by atoms with Gasteiger partial charge in [-0.25, -0.2) is 0 Å². The Bertz CT molecular complexity index is 459. The fourth-order valence-electron chi connectivity index (χ4n) is 1.94. The number of benzene rings is 1. The molecule has 16 heavy (non-hydrogen) atoms. The highest BCUT2D eigenvalue weighted by Gasteiger charge is 2.08. The fourth-order valence-corrected chi connectivity index (χ4v) is 4.33. The molecule has 2 aromatic rings. The molecule has 2 rings (SSSR count). The zero-order valence-electron chi connectivity index (χ0n) is 9.63. The lowest BCUT2D eigenvalue weighted by Gasteiger charge is -1.98. The topological polar surface area (TPSA) is 0 Å². The van der Waals surface area contributed by atoms with Gasteiger partial charge in [0.1, 0.15) is 0 Å². The number of hydrogen-bond donors (Lipinski definition) is 0. The summed E-state index contributed by atoms with van der Waals surface area (Å²) < 4.78 is 2.92. The zero-order chi connectivity index (χ0) is 11.4. The molecule has 0 unspecified atom stereocenters. The molecule has 0 radical (unpaired) electrons. The van der Waals surface area contributed by atoms with E-state index in [-0.39, 0.29) is 0 Å². The van der Waals surface area contributed by atoms with Crippen molar-refractivity contribution in [2.45, 2.75) is 39.0 Å². The van der Waals surface area contributed by atoms with Crippen LogP contribution < -0.4 is 0 Å². The average Bonchev–Trinajstić information content (AvgIpc) is 2.63. The number of unbranched alkanes of at least 4 members (excludes halogenated alkanes) is 3. The molecule has 0 aliphatic rings. The van der Waals surface area contributed by atoms with E-state index in [1.807, 2.05) is 11.3 Å². The highest BCUT2D eigenvalue weighted by atomic mass is 127. The molecule has 0 saturated heterocycles. The summed E-state index contributed by atoms with van der Waals surface area (Å²) in [6.45, 7) is 2.27. The molecule has 0 saturated carbocycles. The zero-order valence-corrected chi connectivity index (χ0v) is 12.6. The Balaban J connectivity index is 2.09. The van der Waals surface area contributed by atoms with Gasteiger partial charge in [-0.3, -0.25) is 0 Å². The third-order valence-corrected chi connectivity index (χ3v) is 5.69. The van der Waals surface area contributed by atoms with Crippen molar-refractivity contribution in [3.8, 4) is 0 Å². The maximum absolute atomic E-state index is 2.51. The van der Waals surface area contributed by atoms with Crippen LogP contribution in [0.5, 0.6) is 0 Å². The first-order valence-electron chi connectivity index (χ1n) is 5.99. The molecule has 0 aliphatic carbocycles. The van der Waals surface area contributed by atoms with E-state index < -0.39 is 0 Å². The molecule has 0 aliphatic heterocycles. The lowest BCUT2D eigenvalue weighted by atomic mass is 10.1.